The molecule has 1 atom stereocenters. The number of esters is 1. The molecule has 2 amide bonds. The summed E-state index contributed by atoms with van der Waals surface area (Å²) in [5.74, 6) is -1.99. The first-order chi connectivity index (χ1) is 13.3. The van der Waals surface area contributed by atoms with E-state index in [1.165, 1.54) is 31.2 Å². The second kappa shape index (κ2) is 9.66. The van der Waals surface area contributed by atoms with Gasteiger partial charge in [0.15, 0.2) is 11.9 Å². The Morgan fingerprint density at radius 2 is 1.54 bits per heavy atom. The molecule has 0 unspecified atom stereocenters. The van der Waals surface area contributed by atoms with E-state index in [0.29, 0.717) is 21.8 Å². The van der Waals surface area contributed by atoms with Crippen molar-refractivity contribution in [1.29, 1.82) is 0 Å². The number of carbonyl (C=O) groups excluding carboxylic acids is 4. The summed E-state index contributed by atoms with van der Waals surface area (Å²) in [6.45, 7) is 1.42. The summed E-state index contributed by atoms with van der Waals surface area (Å²) < 4.78 is 5.05. The second-order valence-corrected chi connectivity index (χ2v) is 6.43. The molecule has 0 aliphatic rings. The number of amides is 2. The first-order valence-corrected chi connectivity index (χ1v) is 8.83. The number of hydrogen-bond acceptors (Lipinski definition) is 5. The van der Waals surface area contributed by atoms with E-state index >= 15 is 0 Å². The number of rotatable bonds is 8. The molecule has 0 fully saturated rings. The highest BCUT2D eigenvalue weighted by Gasteiger charge is 2.19. The number of nitrogens with one attached hydrogen (secondary N) is 1. The number of Topliss-reactive ketones (excluding diaryl/α,β-unsaturated/α-hetero) is 1. The van der Waals surface area contributed by atoms with Crippen LogP contribution in [-0.4, -0.2) is 29.7 Å². The number of halogens is 1. The van der Waals surface area contributed by atoms with Crippen molar-refractivity contribution in [3.8, 4) is 0 Å². The van der Waals surface area contributed by atoms with E-state index in [-0.39, 0.29) is 18.6 Å². The molecule has 0 saturated heterocycles. The number of ketones is 1. The van der Waals surface area contributed by atoms with Gasteiger partial charge in [-0.3, -0.25) is 19.2 Å². The summed E-state index contributed by atoms with van der Waals surface area (Å²) in [4.78, 5) is 47.1. The van der Waals surface area contributed by atoms with Gasteiger partial charge in [-0.1, -0.05) is 11.6 Å². The van der Waals surface area contributed by atoms with Crippen LogP contribution in [0.5, 0.6) is 0 Å². The van der Waals surface area contributed by atoms with Crippen LogP contribution >= 0.6 is 11.6 Å². The zero-order valence-electron chi connectivity index (χ0n) is 15.1. The fraction of sp³-hybridized carbons (Fsp3) is 0.200. The maximum absolute atomic E-state index is 12.1. The van der Waals surface area contributed by atoms with Gasteiger partial charge in [0.1, 0.15) is 0 Å². The Labute approximate surface area is 166 Å². The van der Waals surface area contributed by atoms with E-state index in [1.807, 2.05) is 0 Å². The van der Waals surface area contributed by atoms with Gasteiger partial charge in [-0.25, -0.2) is 0 Å². The molecular weight excluding hydrogens is 384 g/mol. The summed E-state index contributed by atoms with van der Waals surface area (Å²) in [6, 6.07) is 12.3. The normalized spacial score (nSPS) is 11.4. The van der Waals surface area contributed by atoms with Gasteiger partial charge in [-0.05, 0) is 55.5 Å². The molecule has 2 aromatic rings. The molecule has 0 aliphatic carbocycles. The summed E-state index contributed by atoms with van der Waals surface area (Å²) in [7, 11) is 0. The largest absolute Gasteiger partial charge is 0.453 e. The molecular formula is C20H19ClN2O5. The summed E-state index contributed by atoms with van der Waals surface area (Å²) in [6.07, 6.45) is -1.23. The molecule has 0 bridgehead atoms. The number of nitrogens with two attached hydrogens (primary N) is 1. The SMILES string of the molecule is C[C@@H](OC(=O)CCC(=O)c1ccc(Cl)cc1)C(=O)Nc1ccc(C(N)=O)cc1. The highest BCUT2D eigenvalue weighted by molar-refractivity contribution is 6.30. The topological polar surface area (TPSA) is 116 Å². The van der Waals surface area contributed by atoms with Crippen molar-refractivity contribution >= 4 is 40.9 Å². The number of ether oxygens (including phenoxy) is 1. The Morgan fingerprint density at radius 1 is 0.964 bits per heavy atom. The average molecular weight is 403 g/mol. The molecule has 146 valence electrons. The van der Waals surface area contributed by atoms with E-state index in [1.54, 1.807) is 24.3 Å². The standard InChI is InChI=1S/C20H19ClN2O5/c1-12(20(27)23-16-8-4-14(5-9-16)19(22)26)28-18(25)11-10-17(24)13-2-6-15(21)7-3-13/h2-9,12H,10-11H2,1H3,(H2,22,26)(H,23,27)/t12-/m1/s1. The highest BCUT2D eigenvalue weighted by Crippen LogP contribution is 2.13. The van der Waals surface area contributed by atoms with Crippen molar-refractivity contribution in [3.63, 3.8) is 0 Å². The first kappa shape index (κ1) is 21.1. The van der Waals surface area contributed by atoms with Crippen molar-refractivity contribution in [2.45, 2.75) is 25.9 Å². The monoisotopic (exact) mass is 402 g/mol. The van der Waals surface area contributed by atoms with E-state index in [4.69, 9.17) is 22.1 Å². The van der Waals surface area contributed by atoms with Gasteiger partial charge in [0, 0.05) is 28.3 Å². The molecule has 3 N–H and O–H groups in total. The molecule has 2 rings (SSSR count). The Bertz CT molecular complexity index is 878. The van der Waals surface area contributed by atoms with Crippen LogP contribution in [0.15, 0.2) is 48.5 Å². The van der Waals surface area contributed by atoms with Gasteiger partial charge in [0.2, 0.25) is 5.91 Å². The number of benzene rings is 2. The maximum Gasteiger partial charge on any atom is 0.307 e. The summed E-state index contributed by atoms with van der Waals surface area (Å²) in [5, 5.41) is 3.08. The molecule has 0 saturated carbocycles. The van der Waals surface area contributed by atoms with Crippen LogP contribution in [0.25, 0.3) is 0 Å². The fourth-order valence-electron chi connectivity index (χ4n) is 2.27. The molecule has 0 heterocycles. The Hall–Kier alpha value is -3.19. The zero-order valence-corrected chi connectivity index (χ0v) is 15.9. The van der Waals surface area contributed by atoms with Crippen molar-refractivity contribution < 1.29 is 23.9 Å². The smallest absolute Gasteiger partial charge is 0.307 e. The van der Waals surface area contributed by atoms with Crippen LogP contribution in [0.1, 0.15) is 40.5 Å². The average Bonchev–Trinajstić information content (AvgIpc) is 2.67. The Kier molecular flexibility index (Phi) is 7.28. The third-order valence-corrected chi connectivity index (χ3v) is 4.09. The van der Waals surface area contributed by atoms with Gasteiger partial charge in [-0.15, -0.1) is 0 Å². The Balaban J connectivity index is 1.80. The number of primary amides is 1. The van der Waals surface area contributed by atoms with Gasteiger partial charge in [0.05, 0.1) is 6.42 Å². The Morgan fingerprint density at radius 3 is 2.11 bits per heavy atom. The lowest BCUT2D eigenvalue weighted by Crippen LogP contribution is -2.30. The van der Waals surface area contributed by atoms with Crippen molar-refractivity contribution in [3.05, 3.63) is 64.7 Å². The predicted molar refractivity (Wildman–Crippen MR) is 104 cm³/mol. The third kappa shape index (κ3) is 6.21. The highest BCUT2D eigenvalue weighted by atomic mass is 35.5. The fourth-order valence-corrected chi connectivity index (χ4v) is 2.39. The second-order valence-electron chi connectivity index (χ2n) is 5.99. The van der Waals surface area contributed by atoms with Crippen LogP contribution < -0.4 is 11.1 Å². The number of anilines is 1. The van der Waals surface area contributed by atoms with Crippen molar-refractivity contribution in [1.82, 2.24) is 0 Å². The van der Waals surface area contributed by atoms with Gasteiger partial charge < -0.3 is 15.8 Å². The van der Waals surface area contributed by atoms with Crippen molar-refractivity contribution in [2.75, 3.05) is 5.32 Å². The van der Waals surface area contributed by atoms with Crippen LogP contribution in [0.3, 0.4) is 0 Å². The lowest BCUT2D eigenvalue weighted by atomic mass is 10.1. The van der Waals surface area contributed by atoms with Crippen LogP contribution in [0, 0.1) is 0 Å². The third-order valence-electron chi connectivity index (χ3n) is 3.84. The molecule has 0 aromatic heterocycles. The van der Waals surface area contributed by atoms with Gasteiger partial charge in [0.25, 0.3) is 5.91 Å². The minimum absolute atomic E-state index is 0.0383. The molecule has 28 heavy (non-hydrogen) atoms. The first-order valence-electron chi connectivity index (χ1n) is 8.45. The van der Waals surface area contributed by atoms with Crippen LogP contribution in [0.4, 0.5) is 5.69 Å². The van der Waals surface area contributed by atoms with E-state index in [9.17, 15) is 19.2 Å². The molecule has 2 aromatic carbocycles. The minimum Gasteiger partial charge on any atom is -0.453 e. The quantitative estimate of drug-likeness (QED) is 0.520. The van der Waals surface area contributed by atoms with Crippen LogP contribution in [-0.2, 0) is 14.3 Å². The number of carbonyl (C=O) groups is 4. The van der Waals surface area contributed by atoms with Crippen LogP contribution in [0.2, 0.25) is 5.02 Å². The number of hydrogen-bond donors (Lipinski definition) is 2. The van der Waals surface area contributed by atoms with Crippen molar-refractivity contribution in [2.24, 2.45) is 5.73 Å². The molecule has 8 heteroatoms. The summed E-state index contributed by atoms with van der Waals surface area (Å²) >= 11 is 5.77. The van der Waals surface area contributed by atoms with E-state index < -0.39 is 23.9 Å². The lowest BCUT2D eigenvalue weighted by Gasteiger charge is -2.13. The van der Waals surface area contributed by atoms with Gasteiger partial charge in [-0.2, -0.15) is 0 Å². The molecule has 0 spiro atoms. The summed E-state index contributed by atoms with van der Waals surface area (Å²) in [5.41, 5.74) is 6.33. The van der Waals surface area contributed by atoms with E-state index in [2.05, 4.69) is 5.32 Å². The minimum atomic E-state index is -1.05. The molecule has 0 aliphatic heterocycles. The zero-order chi connectivity index (χ0) is 20.7. The predicted octanol–water partition coefficient (Wildman–Crippen LogP) is 2.97. The van der Waals surface area contributed by atoms with Gasteiger partial charge >= 0.3 is 5.97 Å². The maximum atomic E-state index is 12.1. The van der Waals surface area contributed by atoms with E-state index in [0.717, 1.165) is 0 Å². The molecule has 7 nitrogen and oxygen atoms in total. The molecule has 0 radical (unpaired) electrons. The lowest BCUT2D eigenvalue weighted by molar-refractivity contribution is -0.153.